The molecule has 0 unspecified atom stereocenters. The molecule has 22 heavy (non-hydrogen) atoms. The summed E-state index contributed by atoms with van der Waals surface area (Å²) in [5.41, 5.74) is 2.32. The maximum atomic E-state index is 5.88. The third kappa shape index (κ3) is 3.30. The molecule has 0 amide bonds. The Labute approximate surface area is 136 Å². The fraction of sp³-hybridized carbons (Fsp3) is 0.0625. The van der Waals surface area contributed by atoms with E-state index in [0.29, 0.717) is 27.4 Å². The van der Waals surface area contributed by atoms with E-state index >= 15 is 0 Å². The Kier molecular flexibility index (Phi) is 4.42. The van der Waals surface area contributed by atoms with Gasteiger partial charge in [-0.3, -0.25) is 0 Å². The summed E-state index contributed by atoms with van der Waals surface area (Å²) in [7, 11) is 0. The molecular formula is C16H10ClN3OS. The van der Waals surface area contributed by atoms with Crippen molar-refractivity contribution in [3.05, 3.63) is 47.6 Å². The van der Waals surface area contributed by atoms with Gasteiger partial charge in [0.15, 0.2) is 10.9 Å². The summed E-state index contributed by atoms with van der Waals surface area (Å²) in [6, 6.07) is 11.0. The topological polar surface area (TPSA) is 51.8 Å². The van der Waals surface area contributed by atoms with Gasteiger partial charge in [0.25, 0.3) is 0 Å². The van der Waals surface area contributed by atoms with Crippen molar-refractivity contribution in [1.82, 2.24) is 15.1 Å². The highest BCUT2D eigenvalue weighted by Crippen LogP contribution is 2.26. The molecule has 3 rings (SSSR count). The minimum Gasteiger partial charge on any atom is -0.354 e. The molecule has 0 bridgehead atoms. The van der Waals surface area contributed by atoms with Crippen LogP contribution in [0.2, 0.25) is 5.02 Å². The van der Waals surface area contributed by atoms with Gasteiger partial charge in [-0.05, 0) is 18.2 Å². The minimum atomic E-state index is 0.524. The van der Waals surface area contributed by atoms with E-state index in [1.807, 2.05) is 30.3 Å². The summed E-state index contributed by atoms with van der Waals surface area (Å²) in [4.78, 5) is 8.56. The fourth-order valence-corrected chi connectivity index (χ4v) is 2.44. The number of aromatic nitrogens is 3. The minimum absolute atomic E-state index is 0.524. The molecule has 1 aromatic carbocycles. The number of thioether (sulfide) groups is 1. The van der Waals surface area contributed by atoms with E-state index in [2.05, 4.69) is 21.0 Å². The summed E-state index contributed by atoms with van der Waals surface area (Å²) >= 11 is 7.28. The predicted octanol–water partition coefficient (Wildman–Crippen LogP) is 4.18. The van der Waals surface area contributed by atoms with E-state index in [4.69, 9.17) is 22.5 Å². The standard InChI is InChI=1S/C16H10ClN3OS/c1-2-9-22-16-18-8-7-13(19-16)15-10-14(20-21-15)11-3-5-12(17)6-4-11/h1,3-8,10H,9H2. The third-order valence-electron chi connectivity index (χ3n) is 2.82. The number of rotatable bonds is 4. The summed E-state index contributed by atoms with van der Waals surface area (Å²) in [6.45, 7) is 0. The van der Waals surface area contributed by atoms with Crippen molar-refractivity contribution in [2.24, 2.45) is 0 Å². The van der Waals surface area contributed by atoms with Crippen LogP contribution in [-0.4, -0.2) is 20.9 Å². The predicted molar refractivity (Wildman–Crippen MR) is 87.5 cm³/mol. The van der Waals surface area contributed by atoms with Gasteiger partial charge >= 0.3 is 0 Å². The Morgan fingerprint density at radius 2 is 2.00 bits per heavy atom. The summed E-state index contributed by atoms with van der Waals surface area (Å²) in [6.07, 6.45) is 6.91. The molecule has 0 aliphatic heterocycles. The second kappa shape index (κ2) is 6.65. The van der Waals surface area contributed by atoms with E-state index in [9.17, 15) is 0 Å². The van der Waals surface area contributed by atoms with Crippen LogP contribution < -0.4 is 0 Å². The van der Waals surface area contributed by atoms with Gasteiger partial charge in [-0.25, -0.2) is 9.97 Å². The highest BCUT2D eigenvalue weighted by Gasteiger charge is 2.11. The first-order valence-corrected chi connectivity index (χ1v) is 7.75. The van der Waals surface area contributed by atoms with Crippen LogP contribution in [0.15, 0.2) is 52.3 Å². The van der Waals surface area contributed by atoms with E-state index in [-0.39, 0.29) is 0 Å². The van der Waals surface area contributed by atoms with Crippen LogP contribution in [0, 0.1) is 12.3 Å². The molecule has 0 fully saturated rings. The lowest BCUT2D eigenvalue weighted by Crippen LogP contribution is -1.89. The van der Waals surface area contributed by atoms with Crippen LogP contribution in [0.5, 0.6) is 0 Å². The van der Waals surface area contributed by atoms with Crippen LogP contribution in [0.3, 0.4) is 0 Å². The van der Waals surface area contributed by atoms with Crippen molar-refractivity contribution < 1.29 is 4.52 Å². The maximum Gasteiger partial charge on any atom is 0.189 e. The molecule has 3 aromatic rings. The second-order valence-electron chi connectivity index (χ2n) is 4.30. The number of nitrogens with zero attached hydrogens (tertiary/aromatic N) is 3. The van der Waals surface area contributed by atoms with Gasteiger partial charge < -0.3 is 4.52 Å². The molecule has 0 saturated carbocycles. The summed E-state index contributed by atoms with van der Waals surface area (Å²) in [5, 5.41) is 5.36. The molecule has 0 atom stereocenters. The zero-order chi connectivity index (χ0) is 15.4. The van der Waals surface area contributed by atoms with Gasteiger partial charge in [-0.1, -0.05) is 46.6 Å². The monoisotopic (exact) mass is 327 g/mol. The van der Waals surface area contributed by atoms with E-state index in [0.717, 1.165) is 11.3 Å². The van der Waals surface area contributed by atoms with Crippen molar-refractivity contribution in [3.8, 4) is 35.1 Å². The molecule has 0 N–H and O–H groups in total. The number of benzene rings is 1. The van der Waals surface area contributed by atoms with Crippen molar-refractivity contribution >= 4 is 23.4 Å². The number of hydrogen-bond acceptors (Lipinski definition) is 5. The normalized spacial score (nSPS) is 10.4. The molecule has 0 aliphatic rings. The summed E-state index contributed by atoms with van der Waals surface area (Å²) < 4.78 is 5.37. The molecule has 2 heterocycles. The lowest BCUT2D eigenvalue weighted by atomic mass is 10.1. The zero-order valence-electron chi connectivity index (χ0n) is 11.4. The van der Waals surface area contributed by atoms with Gasteiger partial charge in [0.2, 0.25) is 0 Å². The van der Waals surface area contributed by atoms with Crippen molar-refractivity contribution in [2.75, 3.05) is 5.75 Å². The number of terminal acetylenes is 1. The second-order valence-corrected chi connectivity index (χ2v) is 5.68. The lowest BCUT2D eigenvalue weighted by Gasteiger charge is -1.98. The van der Waals surface area contributed by atoms with Gasteiger partial charge in [0.1, 0.15) is 11.4 Å². The molecule has 108 valence electrons. The van der Waals surface area contributed by atoms with Crippen LogP contribution >= 0.6 is 23.4 Å². The van der Waals surface area contributed by atoms with Crippen LogP contribution in [0.1, 0.15) is 0 Å². The molecule has 6 heteroatoms. The van der Waals surface area contributed by atoms with Crippen molar-refractivity contribution in [1.29, 1.82) is 0 Å². The Morgan fingerprint density at radius 1 is 1.18 bits per heavy atom. The number of halogens is 1. The molecule has 0 saturated heterocycles. The molecular weight excluding hydrogens is 318 g/mol. The largest absolute Gasteiger partial charge is 0.354 e. The Bertz CT molecular complexity index is 824. The fourth-order valence-electron chi connectivity index (χ4n) is 1.81. The molecule has 4 nitrogen and oxygen atoms in total. The van der Waals surface area contributed by atoms with Crippen LogP contribution in [0.25, 0.3) is 22.7 Å². The molecule has 0 radical (unpaired) electrons. The maximum absolute atomic E-state index is 5.88. The van der Waals surface area contributed by atoms with Gasteiger partial charge in [-0.2, -0.15) is 0 Å². The van der Waals surface area contributed by atoms with Crippen LogP contribution in [-0.2, 0) is 0 Å². The lowest BCUT2D eigenvalue weighted by molar-refractivity contribution is 0.433. The SMILES string of the molecule is C#CCSc1nccc(-c2cc(-c3ccc(Cl)cc3)no2)n1. The average molecular weight is 328 g/mol. The average Bonchev–Trinajstić information content (AvgIpc) is 3.04. The third-order valence-corrected chi connectivity index (χ3v) is 3.84. The molecule has 0 spiro atoms. The van der Waals surface area contributed by atoms with Gasteiger partial charge in [0, 0.05) is 22.8 Å². The van der Waals surface area contributed by atoms with Crippen molar-refractivity contribution in [3.63, 3.8) is 0 Å². The summed E-state index contributed by atoms with van der Waals surface area (Å²) in [5.74, 6) is 3.64. The van der Waals surface area contributed by atoms with E-state index < -0.39 is 0 Å². The number of hydrogen-bond donors (Lipinski definition) is 0. The molecule has 0 aliphatic carbocycles. The van der Waals surface area contributed by atoms with Gasteiger partial charge in [-0.15, -0.1) is 6.42 Å². The first-order valence-electron chi connectivity index (χ1n) is 6.38. The first kappa shape index (κ1) is 14.6. The Balaban J connectivity index is 1.87. The molecule has 2 aromatic heterocycles. The van der Waals surface area contributed by atoms with E-state index in [1.54, 1.807) is 12.3 Å². The first-order chi connectivity index (χ1) is 10.8. The smallest absolute Gasteiger partial charge is 0.189 e. The quantitative estimate of drug-likeness (QED) is 0.409. The highest BCUT2D eigenvalue weighted by molar-refractivity contribution is 7.99. The van der Waals surface area contributed by atoms with Crippen molar-refractivity contribution in [2.45, 2.75) is 5.16 Å². The Morgan fingerprint density at radius 3 is 2.77 bits per heavy atom. The zero-order valence-corrected chi connectivity index (χ0v) is 12.9. The highest BCUT2D eigenvalue weighted by atomic mass is 35.5. The van der Waals surface area contributed by atoms with E-state index in [1.165, 1.54) is 11.8 Å². The van der Waals surface area contributed by atoms with Gasteiger partial charge in [0.05, 0.1) is 5.75 Å². The Hall–Kier alpha value is -2.29. The van der Waals surface area contributed by atoms with Crippen LogP contribution in [0.4, 0.5) is 0 Å².